The minimum atomic E-state index is -1.06. The van der Waals surface area contributed by atoms with Crippen LogP contribution in [0.5, 0.6) is 0 Å². The average Bonchev–Trinajstić information content (AvgIpc) is 3.45. The Morgan fingerprint density at radius 3 is 2.53 bits per heavy atom. The zero-order valence-corrected chi connectivity index (χ0v) is 21.2. The lowest BCUT2D eigenvalue weighted by atomic mass is 9.96. The summed E-state index contributed by atoms with van der Waals surface area (Å²) in [4.78, 5) is 46.7. The molecule has 0 saturated heterocycles. The van der Waals surface area contributed by atoms with Crippen LogP contribution in [0.3, 0.4) is 0 Å². The number of anilines is 1. The molecule has 9 nitrogen and oxygen atoms in total. The molecule has 0 radical (unpaired) electrons. The Balaban J connectivity index is 1.70. The van der Waals surface area contributed by atoms with E-state index < -0.39 is 29.1 Å². The molecule has 0 fully saturated rings. The number of hydrogen-bond acceptors (Lipinski definition) is 8. The maximum Gasteiger partial charge on any atom is 0.287 e. The average molecular weight is 529 g/mol. The fourth-order valence-electron chi connectivity index (χ4n) is 3.27. The zero-order valence-electron chi connectivity index (χ0n) is 19.7. The molecule has 0 saturated carbocycles. The second-order valence-electron chi connectivity index (χ2n) is 8.95. The maximum absolute atomic E-state index is 14.6. The molecule has 4 rings (SSSR count). The van der Waals surface area contributed by atoms with Crippen LogP contribution in [0.4, 0.5) is 10.2 Å². The molecule has 0 unspecified atom stereocenters. The second-order valence-corrected chi connectivity index (χ2v) is 10.7. The van der Waals surface area contributed by atoms with Gasteiger partial charge in [0.2, 0.25) is 5.78 Å². The first-order valence-electron chi connectivity index (χ1n) is 10.9. The van der Waals surface area contributed by atoms with Crippen LogP contribution in [-0.4, -0.2) is 36.0 Å². The molecule has 4 aromatic heterocycles. The number of carbonyl (C=O) groups is 2. The van der Waals surface area contributed by atoms with Crippen molar-refractivity contribution in [2.24, 2.45) is 5.41 Å². The molecule has 0 atom stereocenters. The number of halogens is 2. The number of nitrogens with zero attached hydrogens (tertiary/aromatic N) is 5. The van der Waals surface area contributed by atoms with Gasteiger partial charge in [-0.25, -0.2) is 14.4 Å². The summed E-state index contributed by atoms with van der Waals surface area (Å²) in [6, 6.07) is 7.81. The molecule has 36 heavy (non-hydrogen) atoms. The smallest absolute Gasteiger partial charge is 0.287 e. The van der Waals surface area contributed by atoms with Gasteiger partial charge in [-0.3, -0.25) is 14.4 Å². The molecular formula is C24H22ClFN6O3S. The number of aromatic nitrogens is 5. The lowest BCUT2D eigenvalue weighted by Gasteiger charge is -2.18. The molecule has 4 aromatic rings. The minimum absolute atomic E-state index is 0.0876. The molecular weight excluding hydrogens is 507 g/mol. The summed E-state index contributed by atoms with van der Waals surface area (Å²) >= 11 is 7.41. The van der Waals surface area contributed by atoms with Crippen LogP contribution in [-0.2, 0) is 13.1 Å². The van der Waals surface area contributed by atoms with Crippen molar-refractivity contribution in [3.63, 3.8) is 0 Å². The first kappa shape index (κ1) is 25.4. The predicted octanol–water partition coefficient (Wildman–Crippen LogP) is 4.54. The van der Waals surface area contributed by atoms with Crippen molar-refractivity contribution in [3.05, 3.63) is 80.1 Å². The SMILES string of the molecule is CC(C)(C)C(=O)n1nc(-c2cc(F)c(=O)n(CC(=O)c3ncccn3)c2)cc1NCc1ccc(Cl)s1. The third kappa shape index (κ3) is 5.58. The number of ketones is 1. The number of rotatable bonds is 7. The van der Waals surface area contributed by atoms with Crippen LogP contribution in [0, 0.1) is 11.2 Å². The van der Waals surface area contributed by atoms with Gasteiger partial charge in [-0.1, -0.05) is 32.4 Å². The highest BCUT2D eigenvalue weighted by Crippen LogP contribution is 2.27. The van der Waals surface area contributed by atoms with Gasteiger partial charge in [-0.05, 0) is 24.3 Å². The van der Waals surface area contributed by atoms with Gasteiger partial charge >= 0.3 is 0 Å². The van der Waals surface area contributed by atoms with E-state index in [1.807, 2.05) is 6.07 Å². The fraction of sp³-hybridized carbons (Fsp3) is 0.250. The van der Waals surface area contributed by atoms with E-state index in [1.54, 1.807) is 39.0 Å². The maximum atomic E-state index is 14.6. The van der Waals surface area contributed by atoms with Crippen molar-refractivity contribution in [3.8, 4) is 11.3 Å². The van der Waals surface area contributed by atoms with E-state index in [-0.39, 0.29) is 23.0 Å². The summed E-state index contributed by atoms with van der Waals surface area (Å²) in [6.45, 7) is 5.21. The van der Waals surface area contributed by atoms with Crippen LogP contribution in [0.2, 0.25) is 4.34 Å². The van der Waals surface area contributed by atoms with Gasteiger partial charge in [-0.2, -0.15) is 9.78 Å². The summed E-state index contributed by atoms with van der Waals surface area (Å²) in [5.74, 6) is -1.60. The van der Waals surface area contributed by atoms with Gasteiger partial charge in [0, 0.05) is 40.5 Å². The monoisotopic (exact) mass is 528 g/mol. The summed E-state index contributed by atoms with van der Waals surface area (Å²) in [5.41, 5.74) is -1.26. The quantitative estimate of drug-likeness (QED) is 0.350. The van der Waals surface area contributed by atoms with Crippen molar-refractivity contribution in [2.75, 3.05) is 5.32 Å². The summed E-state index contributed by atoms with van der Waals surface area (Å²) in [7, 11) is 0. The molecule has 0 bridgehead atoms. The Morgan fingerprint density at radius 2 is 1.89 bits per heavy atom. The number of carbonyl (C=O) groups excluding carboxylic acids is 2. The van der Waals surface area contributed by atoms with E-state index >= 15 is 0 Å². The summed E-state index contributed by atoms with van der Waals surface area (Å²) in [5, 5.41) is 7.58. The Bertz CT molecular complexity index is 1490. The molecule has 0 aliphatic heterocycles. The largest absolute Gasteiger partial charge is 0.365 e. The van der Waals surface area contributed by atoms with Crippen LogP contribution in [0.25, 0.3) is 11.3 Å². The molecule has 0 aliphatic carbocycles. The molecule has 4 heterocycles. The van der Waals surface area contributed by atoms with Crippen molar-refractivity contribution >= 4 is 40.4 Å². The minimum Gasteiger partial charge on any atom is -0.365 e. The third-order valence-corrected chi connectivity index (χ3v) is 6.31. The van der Waals surface area contributed by atoms with Gasteiger partial charge in [0.1, 0.15) is 5.82 Å². The molecule has 0 amide bonds. The highest BCUT2D eigenvalue weighted by molar-refractivity contribution is 7.16. The molecule has 0 spiro atoms. The van der Waals surface area contributed by atoms with Crippen LogP contribution in [0.1, 0.15) is 41.1 Å². The van der Waals surface area contributed by atoms with Gasteiger partial charge in [0.15, 0.2) is 11.6 Å². The summed E-state index contributed by atoms with van der Waals surface area (Å²) < 4.78 is 17.4. The molecule has 12 heteroatoms. The number of hydrogen-bond donors (Lipinski definition) is 1. The number of Topliss-reactive ketones (excluding diaryl/α,β-unsaturated/α-hetero) is 1. The van der Waals surface area contributed by atoms with E-state index in [0.717, 1.165) is 15.5 Å². The van der Waals surface area contributed by atoms with E-state index in [0.29, 0.717) is 16.7 Å². The van der Waals surface area contributed by atoms with E-state index in [9.17, 15) is 18.8 Å². The third-order valence-electron chi connectivity index (χ3n) is 5.08. The Labute approximate surface area is 214 Å². The zero-order chi connectivity index (χ0) is 26.0. The molecule has 0 aliphatic rings. The fourth-order valence-corrected chi connectivity index (χ4v) is 4.30. The van der Waals surface area contributed by atoms with Gasteiger partial charge in [0.25, 0.3) is 11.5 Å². The van der Waals surface area contributed by atoms with Crippen LogP contribution < -0.4 is 10.9 Å². The van der Waals surface area contributed by atoms with Gasteiger partial charge < -0.3 is 9.88 Å². The Kier molecular flexibility index (Phi) is 7.14. The second kappa shape index (κ2) is 10.1. The Hall–Kier alpha value is -3.70. The topological polar surface area (TPSA) is 112 Å². The highest BCUT2D eigenvalue weighted by Gasteiger charge is 2.27. The normalized spacial score (nSPS) is 11.5. The van der Waals surface area contributed by atoms with Crippen LogP contribution >= 0.6 is 22.9 Å². The van der Waals surface area contributed by atoms with Gasteiger partial charge in [0.05, 0.1) is 23.1 Å². The molecule has 186 valence electrons. The van der Waals surface area contributed by atoms with Crippen molar-refractivity contribution in [2.45, 2.75) is 33.9 Å². The molecule has 0 aromatic carbocycles. The van der Waals surface area contributed by atoms with Gasteiger partial charge in [-0.15, -0.1) is 11.3 Å². The lowest BCUT2D eigenvalue weighted by molar-refractivity contribution is 0.0752. The Morgan fingerprint density at radius 1 is 1.17 bits per heavy atom. The first-order valence-corrected chi connectivity index (χ1v) is 12.1. The van der Waals surface area contributed by atoms with E-state index in [4.69, 9.17) is 11.6 Å². The first-order chi connectivity index (χ1) is 17.0. The van der Waals surface area contributed by atoms with E-state index in [2.05, 4.69) is 20.4 Å². The van der Waals surface area contributed by atoms with E-state index in [1.165, 1.54) is 34.6 Å². The number of nitrogens with one attached hydrogen (secondary N) is 1. The predicted molar refractivity (Wildman–Crippen MR) is 135 cm³/mol. The standard InChI is InChI=1S/C24H22ClFN6O3S/c1-24(2,3)23(35)32-20(29-11-15-5-6-19(25)36-15)10-17(30-32)14-9-16(26)22(34)31(12-14)13-18(33)21-27-7-4-8-28-21/h4-10,12,29H,11,13H2,1-3H3. The van der Waals surface area contributed by atoms with Crippen molar-refractivity contribution in [1.82, 2.24) is 24.3 Å². The number of pyridine rings is 1. The van der Waals surface area contributed by atoms with Crippen molar-refractivity contribution in [1.29, 1.82) is 0 Å². The summed E-state index contributed by atoms with van der Waals surface area (Å²) in [6.07, 6.45) is 4.12. The number of thiophene rings is 1. The molecule has 1 N–H and O–H groups in total. The van der Waals surface area contributed by atoms with Crippen LogP contribution in [0.15, 0.2) is 53.7 Å². The van der Waals surface area contributed by atoms with Crippen molar-refractivity contribution < 1.29 is 14.0 Å². The lowest BCUT2D eigenvalue weighted by Crippen LogP contribution is -2.29. The highest BCUT2D eigenvalue weighted by atomic mass is 35.5.